The molecule has 2 rings (SSSR count). The number of hydrazone groups is 1. The third-order valence-corrected chi connectivity index (χ3v) is 4.48. The second-order valence-electron chi connectivity index (χ2n) is 6.23. The molecule has 1 aliphatic rings. The molecule has 1 aromatic rings. The van der Waals surface area contributed by atoms with Crippen LogP contribution < -0.4 is 15.5 Å². The zero-order chi connectivity index (χ0) is 18.2. The molecule has 0 atom stereocenters. The summed E-state index contributed by atoms with van der Waals surface area (Å²) in [6.07, 6.45) is 5.30. The lowest BCUT2D eigenvalue weighted by Crippen LogP contribution is -2.29. The summed E-state index contributed by atoms with van der Waals surface area (Å²) >= 11 is 6.03. The van der Waals surface area contributed by atoms with Crippen LogP contribution in [0.3, 0.4) is 0 Å². The van der Waals surface area contributed by atoms with Gasteiger partial charge in [0.15, 0.2) is 0 Å². The number of hydrogen-bond donors (Lipinski definition) is 2. The van der Waals surface area contributed by atoms with Gasteiger partial charge in [0.1, 0.15) is 5.75 Å². The number of nitrogens with one attached hydrogen (secondary N) is 2. The zero-order valence-electron chi connectivity index (χ0n) is 14.6. The number of hydrogen-bond acceptors (Lipinski definition) is 4. The average Bonchev–Trinajstić information content (AvgIpc) is 2.60. The number of methoxy groups -OCH3 is 1. The summed E-state index contributed by atoms with van der Waals surface area (Å²) in [7, 11) is 1.53. The highest BCUT2D eigenvalue weighted by Crippen LogP contribution is 2.27. The number of rotatable bonds is 6. The van der Waals surface area contributed by atoms with Crippen LogP contribution in [0.4, 0.5) is 5.69 Å². The van der Waals surface area contributed by atoms with Crippen molar-refractivity contribution < 1.29 is 14.3 Å². The van der Waals surface area contributed by atoms with E-state index in [1.807, 2.05) is 0 Å². The second-order valence-corrected chi connectivity index (χ2v) is 6.64. The molecule has 0 aromatic heterocycles. The molecule has 7 heteroatoms. The van der Waals surface area contributed by atoms with Crippen LogP contribution in [0.25, 0.3) is 0 Å². The van der Waals surface area contributed by atoms with Crippen LogP contribution in [0, 0.1) is 5.92 Å². The van der Waals surface area contributed by atoms with Crippen LogP contribution in [0.1, 0.15) is 45.4 Å². The predicted molar refractivity (Wildman–Crippen MR) is 99.1 cm³/mol. The predicted octanol–water partition coefficient (Wildman–Crippen LogP) is 3.75. The van der Waals surface area contributed by atoms with Crippen molar-refractivity contribution in [3.05, 3.63) is 23.2 Å². The van der Waals surface area contributed by atoms with Gasteiger partial charge < -0.3 is 10.1 Å². The Balaban J connectivity index is 1.82. The summed E-state index contributed by atoms with van der Waals surface area (Å²) in [5.41, 5.74) is 3.70. The molecule has 136 valence electrons. The van der Waals surface area contributed by atoms with E-state index in [1.54, 1.807) is 25.1 Å². The van der Waals surface area contributed by atoms with E-state index in [0.29, 0.717) is 22.2 Å². The third-order valence-electron chi connectivity index (χ3n) is 4.18. The van der Waals surface area contributed by atoms with Crippen LogP contribution in [-0.2, 0) is 9.59 Å². The van der Waals surface area contributed by atoms with E-state index < -0.39 is 0 Å². The van der Waals surface area contributed by atoms with Crippen LogP contribution in [0.15, 0.2) is 23.3 Å². The van der Waals surface area contributed by atoms with Gasteiger partial charge in [-0.15, -0.1) is 0 Å². The number of benzene rings is 1. The number of anilines is 1. The molecule has 1 saturated carbocycles. The van der Waals surface area contributed by atoms with Gasteiger partial charge in [0.2, 0.25) is 11.8 Å². The first-order valence-corrected chi connectivity index (χ1v) is 8.84. The number of halogens is 1. The minimum Gasteiger partial charge on any atom is -0.495 e. The van der Waals surface area contributed by atoms with Gasteiger partial charge >= 0.3 is 0 Å². The summed E-state index contributed by atoms with van der Waals surface area (Å²) in [5, 5.41) is 7.20. The Kier molecular flexibility index (Phi) is 7.25. The monoisotopic (exact) mass is 365 g/mol. The molecule has 2 N–H and O–H groups in total. The largest absolute Gasteiger partial charge is 0.495 e. The molecular formula is C18H24ClN3O3. The molecule has 0 heterocycles. The Labute approximate surface area is 153 Å². The summed E-state index contributed by atoms with van der Waals surface area (Å²) in [6, 6.07) is 5.01. The average molecular weight is 366 g/mol. The SMILES string of the molecule is COc1ccc(NC(=O)CC(C)=NNC(=O)C2CCCCC2)cc1Cl. The van der Waals surface area contributed by atoms with E-state index in [-0.39, 0.29) is 24.2 Å². The molecular weight excluding hydrogens is 342 g/mol. The van der Waals surface area contributed by atoms with Gasteiger partial charge in [-0.05, 0) is 38.0 Å². The van der Waals surface area contributed by atoms with E-state index >= 15 is 0 Å². The van der Waals surface area contributed by atoms with E-state index in [4.69, 9.17) is 16.3 Å². The van der Waals surface area contributed by atoms with Gasteiger partial charge in [-0.2, -0.15) is 5.10 Å². The van der Waals surface area contributed by atoms with Crippen LogP contribution in [-0.4, -0.2) is 24.6 Å². The fourth-order valence-electron chi connectivity index (χ4n) is 2.83. The first-order valence-electron chi connectivity index (χ1n) is 8.46. The fraction of sp³-hybridized carbons (Fsp3) is 0.500. The minimum absolute atomic E-state index is 0.0422. The van der Waals surface area contributed by atoms with Crippen molar-refractivity contribution in [2.75, 3.05) is 12.4 Å². The lowest BCUT2D eigenvalue weighted by atomic mass is 9.89. The van der Waals surface area contributed by atoms with Gasteiger partial charge in [0, 0.05) is 17.3 Å². The highest BCUT2D eigenvalue weighted by atomic mass is 35.5. The van der Waals surface area contributed by atoms with Crippen LogP contribution >= 0.6 is 11.6 Å². The lowest BCUT2D eigenvalue weighted by Gasteiger charge is -2.19. The topological polar surface area (TPSA) is 79.8 Å². The minimum atomic E-state index is -0.227. The molecule has 0 bridgehead atoms. The van der Waals surface area contributed by atoms with Gasteiger partial charge in [0.25, 0.3) is 0 Å². The van der Waals surface area contributed by atoms with Crippen LogP contribution in [0.2, 0.25) is 5.02 Å². The Morgan fingerprint density at radius 2 is 2.00 bits per heavy atom. The third kappa shape index (κ3) is 6.05. The number of carbonyl (C=O) groups is 2. The molecule has 25 heavy (non-hydrogen) atoms. The first kappa shape index (κ1) is 19.2. The molecule has 0 saturated heterocycles. The van der Waals surface area contributed by atoms with Gasteiger partial charge in [-0.3, -0.25) is 9.59 Å². The van der Waals surface area contributed by atoms with Crippen molar-refractivity contribution in [1.82, 2.24) is 5.43 Å². The summed E-state index contributed by atoms with van der Waals surface area (Å²) in [5.74, 6) is 0.305. The van der Waals surface area contributed by atoms with Crippen molar-refractivity contribution >= 4 is 34.8 Å². The maximum Gasteiger partial charge on any atom is 0.243 e. The van der Waals surface area contributed by atoms with Crippen molar-refractivity contribution in [3.8, 4) is 5.75 Å². The van der Waals surface area contributed by atoms with E-state index in [1.165, 1.54) is 13.5 Å². The Hall–Kier alpha value is -2.08. The number of ether oxygens (including phenoxy) is 1. The highest BCUT2D eigenvalue weighted by molar-refractivity contribution is 6.32. The molecule has 0 radical (unpaired) electrons. The maximum absolute atomic E-state index is 12.1. The lowest BCUT2D eigenvalue weighted by molar-refractivity contribution is -0.126. The molecule has 1 aliphatic carbocycles. The molecule has 1 aromatic carbocycles. The van der Waals surface area contributed by atoms with E-state index in [0.717, 1.165) is 25.7 Å². The quantitative estimate of drug-likeness (QED) is 0.595. The smallest absolute Gasteiger partial charge is 0.243 e. The first-order chi connectivity index (χ1) is 12.0. The molecule has 0 spiro atoms. The molecule has 6 nitrogen and oxygen atoms in total. The molecule has 1 fully saturated rings. The maximum atomic E-state index is 12.1. The van der Waals surface area contributed by atoms with Gasteiger partial charge in [-0.25, -0.2) is 5.43 Å². The van der Waals surface area contributed by atoms with Gasteiger partial charge in [0.05, 0.1) is 18.6 Å². The Morgan fingerprint density at radius 3 is 2.64 bits per heavy atom. The Bertz CT molecular complexity index is 655. The van der Waals surface area contributed by atoms with Crippen molar-refractivity contribution in [3.63, 3.8) is 0 Å². The van der Waals surface area contributed by atoms with E-state index in [2.05, 4.69) is 15.8 Å². The zero-order valence-corrected chi connectivity index (χ0v) is 15.4. The number of amides is 2. The van der Waals surface area contributed by atoms with Crippen molar-refractivity contribution in [1.29, 1.82) is 0 Å². The van der Waals surface area contributed by atoms with Crippen molar-refractivity contribution in [2.45, 2.75) is 45.4 Å². The fourth-order valence-corrected chi connectivity index (χ4v) is 3.09. The normalized spacial score (nSPS) is 15.6. The molecule has 0 unspecified atom stereocenters. The number of carbonyl (C=O) groups excluding carboxylic acids is 2. The highest BCUT2D eigenvalue weighted by Gasteiger charge is 2.20. The second kappa shape index (κ2) is 9.42. The number of nitrogens with zero attached hydrogens (tertiary/aromatic N) is 1. The van der Waals surface area contributed by atoms with Gasteiger partial charge in [-0.1, -0.05) is 30.9 Å². The molecule has 2 amide bonds. The summed E-state index contributed by atoms with van der Waals surface area (Å²) in [6.45, 7) is 1.71. The van der Waals surface area contributed by atoms with Crippen LogP contribution in [0.5, 0.6) is 5.75 Å². The standard InChI is InChI=1S/C18H24ClN3O3/c1-12(21-22-18(24)13-6-4-3-5-7-13)10-17(23)20-14-8-9-16(25-2)15(19)11-14/h8-9,11,13H,3-7,10H2,1-2H3,(H,20,23)(H,22,24). The Morgan fingerprint density at radius 1 is 1.28 bits per heavy atom. The summed E-state index contributed by atoms with van der Waals surface area (Å²) in [4.78, 5) is 24.1. The molecule has 0 aliphatic heterocycles. The summed E-state index contributed by atoms with van der Waals surface area (Å²) < 4.78 is 5.07. The van der Waals surface area contributed by atoms with Crippen molar-refractivity contribution in [2.24, 2.45) is 11.0 Å². The van der Waals surface area contributed by atoms with E-state index in [9.17, 15) is 9.59 Å².